The van der Waals surface area contributed by atoms with Gasteiger partial charge in [0.15, 0.2) is 0 Å². The van der Waals surface area contributed by atoms with Crippen LogP contribution in [0.3, 0.4) is 0 Å². The maximum Gasteiger partial charge on any atom is 0.244 e. The summed E-state index contributed by atoms with van der Waals surface area (Å²) in [5, 5.41) is 3.47. The number of carbonyl (C=O) groups is 2. The van der Waals surface area contributed by atoms with Crippen molar-refractivity contribution in [3.8, 4) is 0 Å². The van der Waals surface area contributed by atoms with Crippen molar-refractivity contribution >= 4 is 40.7 Å². The van der Waals surface area contributed by atoms with Crippen molar-refractivity contribution in [1.82, 2.24) is 9.80 Å². The zero-order valence-corrected chi connectivity index (χ0v) is 17.8. The Morgan fingerprint density at radius 2 is 1.54 bits per heavy atom. The average Bonchev–Trinajstić information content (AvgIpc) is 2.67. The van der Waals surface area contributed by atoms with Crippen molar-refractivity contribution in [3.05, 3.63) is 64.1 Å². The van der Waals surface area contributed by atoms with Crippen molar-refractivity contribution in [2.75, 3.05) is 32.0 Å². The first kappa shape index (κ1) is 22.2. The van der Waals surface area contributed by atoms with Crippen molar-refractivity contribution < 1.29 is 9.59 Å². The van der Waals surface area contributed by atoms with E-state index in [-0.39, 0.29) is 18.4 Å². The second-order valence-electron chi connectivity index (χ2n) is 6.38. The van der Waals surface area contributed by atoms with Gasteiger partial charge in [-0.3, -0.25) is 14.5 Å². The van der Waals surface area contributed by atoms with Crippen LogP contribution in [0.4, 0.5) is 5.69 Å². The number of para-hydroxylation sites is 1. The highest BCUT2D eigenvalue weighted by Crippen LogP contribution is 2.30. The van der Waals surface area contributed by atoms with Crippen LogP contribution in [0.25, 0.3) is 0 Å². The Balaban J connectivity index is 2.21. The van der Waals surface area contributed by atoms with E-state index in [9.17, 15) is 9.59 Å². The van der Waals surface area contributed by atoms with Gasteiger partial charge < -0.3 is 10.2 Å². The van der Waals surface area contributed by atoms with E-state index in [0.29, 0.717) is 28.8 Å². The molecule has 2 rings (SSSR count). The third-order valence-electron chi connectivity index (χ3n) is 4.49. The first-order valence-corrected chi connectivity index (χ1v) is 9.92. The molecule has 0 saturated heterocycles. The fourth-order valence-corrected chi connectivity index (χ4v) is 3.54. The molecule has 0 aliphatic carbocycles. The molecule has 1 atom stereocenters. The molecule has 1 N–H and O–H groups in total. The normalized spacial score (nSPS) is 11.9. The molecule has 150 valence electrons. The minimum Gasteiger partial charge on any atom is -0.342 e. The van der Waals surface area contributed by atoms with Crippen LogP contribution in [0.2, 0.25) is 10.0 Å². The first-order valence-electron chi connectivity index (χ1n) is 9.16. The molecule has 2 aromatic rings. The smallest absolute Gasteiger partial charge is 0.244 e. The van der Waals surface area contributed by atoms with Crippen LogP contribution >= 0.6 is 23.2 Å². The maximum absolute atomic E-state index is 13.1. The highest BCUT2D eigenvalue weighted by molar-refractivity contribution is 6.39. The molecule has 0 radical (unpaired) electrons. The summed E-state index contributed by atoms with van der Waals surface area (Å²) in [7, 11) is 1.76. The van der Waals surface area contributed by atoms with Crippen LogP contribution in [0.5, 0.6) is 0 Å². The van der Waals surface area contributed by atoms with E-state index in [2.05, 4.69) is 5.32 Å². The van der Waals surface area contributed by atoms with Crippen LogP contribution in [0.1, 0.15) is 25.5 Å². The van der Waals surface area contributed by atoms with Crippen molar-refractivity contribution in [1.29, 1.82) is 0 Å². The molecule has 0 spiro atoms. The minimum absolute atomic E-state index is 0.00806. The number of rotatable bonds is 8. The monoisotopic (exact) mass is 421 g/mol. The van der Waals surface area contributed by atoms with E-state index in [1.807, 2.05) is 44.2 Å². The molecular weight excluding hydrogens is 397 g/mol. The summed E-state index contributed by atoms with van der Waals surface area (Å²) in [6.07, 6.45) is 0. The van der Waals surface area contributed by atoms with Gasteiger partial charge in [0.05, 0.1) is 22.3 Å². The highest BCUT2D eigenvalue weighted by Gasteiger charge is 2.29. The van der Waals surface area contributed by atoms with E-state index < -0.39 is 6.04 Å². The number of hydrogen-bond donors (Lipinski definition) is 1. The standard InChI is InChI=1S/C21H25Cl2N3O2/c1-4-26(5-2)21(28)20(15-10-7-6-8-11-15)25(3)14-18(27)24-19-16(22)12-9-13-17(19)23/h6-13,20H,4-5,14H2,1-3H3,(H,24,27)/t20-/m0/s1. The fourth-order valence-electron chi connectivity index (χ4n) is 3.04. The zero-order valence-electron chi connectivity index (χ0n) is 16.3. The summed E-state index contributed by atoms with van der Waals surface area (Å²) in [5.74, 6) is -0.340. The molecule has 28 heavy (non-hydrogen) atoms. The molecule has 2 amide bonds. The summed E-state index contributed by atoms with van der Waals surface area (Å²) >= 11 is 12.2. The van der Waals surface area contributed by atoms with Gasteiger partial charge in [0.25, 0.3) is 0 Å². The number of benzene rings is 2. The molecular formula is C21H25Cl2N3O2. The van der Waals surface area contributed by atoms with E-state index in [0.717, 1.165) is 5.56 Å². The molecule has 5 nitrogen and oxygen atoms in total. The number of likely N-dealkylation sites (N-methyl/N-ethyl adjacent to an activating group) is 2. The predicted molar refractivity (Wildman–Crippen MR) is 115 cm³/mol. The lowest BCUT2D eigenvalue weighted by molar-refractivity contribution is -0.137. The minimum atomic E-state index is -0.562. The van der Waals surface area contributed by atoms with Gasteiger partial charge in [-0.25, -0.2) is 0 Å². The Bertz CT molecular complexity index is 790. The predicted octanol–water partition coefficient (Wildman–Crippen LogP) is 4.47. The van der Waals surface area contributed by atoms with Crippen LogP contribution in [0.15, 0.2) is 48.5 Å². The molecule has 0 unspecified atom stereocenters. The van der Waals surface area contributed by atoms with Gasteiger partial charge in [-0.05, 0) is 38.6 Å². The van der Waals surface area contributed by atoms with Crippen LogP contribution in [-0.2, 0) is 9.59 Å². The Labute approximate surface area is 176 Å². The second kappa shape index (κ2) is 10.5. The van der Waals surface area contributed by atoms with Crippen molar-refractivity contribution in [2.45, 2.75) is 19.9 Å². The Morgan fingerprint density at radius 3 is 2.07 bits per heavy atom. The van der Waals surface area contributed by atoms with E-state index >= 15 is 0 Å². The quantitative estimate of drug-likeness (QED) is 0.683. The summed E-state index contributed by atoms with van der Waals surface area (Å²) in [4.78, 5) is 29.2. The molecule has 0 heterocycles. The number of nitrogens with zero attached hydrogens (tertiary/aromatic N) is 2. The van der Waals surface area contributed by atoms with Crippen molar-refractivity contribution in [2.24, 2.45) is 0 Å². The first-order chi connectivity index (χ1) is 13.4. The second-order valence-corrected chi connectivity index (χ2v) is 7.20. The van der Waals surface area contributed by atoms with Gasteiger partial charge in [-0.1, -0.05) is 59.6 Å². The number of amides is 2. The van der Waals surface area contributed by atoms with Gasteiger partial charge in [0.1, 0.15) is 6.04 Å². The molecule has 7 heteroatoms. The van der Waals surface area contributed by atoms with Crippen LogP contribution < -0.4 is 5.32 Å². The SMILES string of the molecule is CCN(CC)C(=O)[C@H](c1ccccc1)N(C)CC(=O)Nc1c(Cl)cccc1Cl. The number of carbonyl (C=O) groups excluding carboxylic acids is 2. The molecule has 0 aliphatic heterocycles. The molecule has 0 aliphatic rings. The average molecular weight is 422 g/mol. The van der Waals surface area contributed by atoms with Gasteiger partial charge in [-0.15, -0.1) is 0 Å². The lowest BCUT2D eigenvalue weighted by Gasteiger charge is -2.31. The van der Waals surface area contributed by atoms with E-state index in [1.54, 1.807) is 35.0 Å². The van der Waals surface area contributed by atoms with Gasteiger partial charge in [-0.2, -0.15) is 0 Å². The highest BCUT2D eigenvalue weighted by atomic mass is 35.5. The zero-order chi connectivity index (χ0) is 20.7. The third kappa shape index (κ3) is 5.47. The fraction of sp³-hybridized carbons (Fsp3) is 0.333. The number of anilines is 1. The molecule has 2 aromatic carbocycles. The number of hydrogen-bond acceptors (Lipinski definition) is 3. The third-order valence-corrected chi connectivity index (χ3v) is 5.12. The lowest BCUT2D eigenvalue weighted by atomic mass is 10.0. The maximum atomic E-state index is 13.1. The molecule has 0 fully saturated rings. The topological polar surface area (TPSA) is 52.7 Å². The molecule has 0 aromatic heterocycles. The number of nitrogens with one attached hydrogen (secondary N) is 1. The van der Waals surface area contributed by atoms with Crippen LogP contribution in [0, 0.1) is 0 Å². The Kier molecular flexibility index (Phi) is 8.30. The van der Waals surface area contributed by atoms with Crippen LogP contribution in [-0.4, -0.2) is 48.3 Å². The van der Waals surface area contributed by atoms with E-state index in [1.165, 1.54) is 0 Å². The van der Waals surface area contributed by atoms with Gasteiger partial charge in [0.2, 0.25) is 11.8 Å². The summed E-state index contributed by atoms with van der Waals surface area (Å²) in [6, 6.07) is 13.9. The summed E-state index contributed by atoms with van der Waals surface area (Å²) in [5.41, 5.74) is 1.21. The Morgan fingerprint density at radius 1 is 0.964 bits per heavy atom. The Hall–Kier alpha value is -2.08. The molecule has 0 saturated carbocycles. The van der Waals surface area contributed by atoms with Gasteiger partial charge in [0, 0.05) is 13.1 Å². The summed E-state index contributed by atoms with van der Waals surface area (Å²) < 4.78 is 0. The summed E-state index contributed by atoms with van der Waals surface area (Å²) in [6.45, 7) is 5.10. The molecule has 0 bridgehead atoms. The largest absolute Gasteiger partial charge is 0.342 e. The van der Waals surface area contributed by atoms with Crippen molar-refractivity contribution in [3.63, 3.8) is 0 Å². The van der Waals surface area contributed by atoms with Gasteiger partial charge >= 0.3 is 0 Å². The number of halogens is 2. The lowest BCUT2D eigenvalue weighted by Crippen LogP contribution is -2.44. The van der Waals surface area contributed by atoms with E-state index in [4.69, 9.17) is 23.2 Å².